The summed E-state index contributed by atoms with van der Waals surface area (Å²) in [5.74, 6) is -1.68. The Balaban J connectivity index is 2.72. The number of nitrogens with one attached hydrogen (secondary N) is 2. The third kappa shape index (κ3) is 5.30. The minimum absolute atomic E-state index is 0.399. The van der Waals surface area contributed by atoms with Crippen molar-refractivity contribution in [1.82, 2.24) is 5.32 Å². The van der Waals surface area contributed by atoms with E-state index in [0.717, 1.165) is 0 Å². The first-order valence-corrected chi connectivity index (χ1v) is 6.55. The molecule has 5 N–H and O–H groups in total. The van der Waals surface area contributed by atoms with Crippen molar-refractivity contribution in [3.63, 3.8) is 0 Å². The smallest absolute Gasteiger partial charge is 0.326 e. The number of methoxy groups -OCH3 is 1. The average Bonchev–Trinajstić information content (AvgIpc) is 2.39. The van der Waals surface area contributed by atoms with E-state index in [1.807, 2.05) is 0 Å². The van der Waals surface area contributed by atoms with Gasteiger partial charge < -0.3 is 26.2 Å². The molecule has 0 aromatic heterocycles. The summed E-state index contributed by atoms with van der Waals surface area (Å²) >= 11 is 3.26. The maximum absolute atomic E-state index is 11.7. The molecule has 1 aromatic rings. The van der Waals surface area contributed by atoms with Gasteiger partial charge in [-0.3, -0.25) is 4.79 Å². The van der Waals surface area contributed by atoms with E-state index in [4.69, 9.17) is 15.6 Å². The van der Waals surface area contributed by atoms with Crippen molar-refractivity contribution in [3.05, 3.63) is 22.7 Å². The number of halogens is 1. The van der Waals surface area contributed by atoms with Crippen LogP contribution in [0.1, 0.15) is 6.42 Å². The second-order valence-electron chi connectivity index (χ2n) is 4.01. The Morgan fingerprint density at radius 1 is 1.43 bits per heavy atom. The molecule has 0 aliphatic carbocycles. The van der Waals surface area contributed by atoms with Gasteiger partial charge in [0.25, 0.3) is 0 Å². The van der Waals surface area contributed by atoms with E-state index < -0.39 is 30.4 Å². The molecule has 21 heavy (non-hydrogen) atoms. The van der Waals surface area contributed by atoms with Gasteiger partial charge >= 0.3 is 12.0 Å². The van der Waals surface area contributed by atoms with Gasteiger partial charge in [-0.2, -0.15) is 0 Å². The lowest BCUT2D eigenvalue weighted by molar-refractivity contribution is -0.140. The maximum atomic E-state index is 11.7. The number of carboxylic acid groups (broad SMARTS) is 1. The number of nitrogens with two attached hydrogens (primary N) is 1. The molecule has 0 radical (unpaired) electrons. The zero-order chi connectivity index (χ0) is 16.0. The van der Waals surface area contributed by atoms with Crippen LogP contribution in [-0.4, -0.2) is 36.2 Å². The zero-order valence-electron chi connectivity index (χ0n) is 11.1. The van der Waals surface area contributed by atoms with Gasteiger partial charge in [-0.15, -0.1) is 0 Å². The van der Waals surface area contributed by atoms with Gasteiger partial charge in [0.2, 0.25) is 5.91 Å². The van der Waals surface area contributed by atoms with Gasteiger partial charge in [-0.25, -0.2) is 9.59 Å². The molecular weight excluding hydrogens is 346 g/mol. The monoisotopic (exact) mass is 359 g/mol. The first kappa shape index (κ1) is 16.8. The van der Waals surface area contributed by atoms with Crippen molar-refractivity contribution in [1.29, 1.82) is 0 Å². The lowest BCUT2D eigenvalue weighted by atomic mass is 10.2. The number of ether oxygens (including phenoxy) is 1. The number of anilines is 1. The maximum Gasteiger partial charge on any atom is 0.326 e. The highest BCUT2D eigenvalue weighted by molar-refractivity contribution is 9.10. The summed E-state index contributed by atoms with van der Waals surface area (Å²) in [7, 11) is 1.47. The number of hydrogen-bond acceptors (Lipinski definition) is 4. The van der Waals surface area contributed by atoms with Crippen LogP contribution in [0.25, 0.3) is 0 Å². The summed E-state index contributed by atoms with van der Waals surface area (Å²) in [5, 5.41) is 13.5. The molecule has 0 aliphatic rings. The summed E-state index contributed by atoms with van der Waals surface area (Å²) < 4.78 is 5.77. The van der Waals surface area contributed by atoms with Crippen LogP contribution in [0.15, 0.2) is 22.7 Å². The Bertz CT molecular complexity index is 564. The van der Waals surface area contributed by atoms with Crippen LogP contribution in [0.3, 0.4) is 0 Å². The topological polar surface area (TPSA) is 131 Å². The number of benzene rings is 1. The minimum Gasteiger partial charge on any atom is -0.495 e. The summed E-state index contributed by atoms with van der Waals surface area (Å²) in [6.45, 7) is 0. The lowest BCUT2D eigenvalue weighted by Gasteiger charge is -2.14. The number of amides is 3. The minimum atomic E-state index is -1.39. The van der Waals surface area contributed by atoms with Crippen molar-refractivity contribution in [3.8, 4) is 5.75 Å². The molecule has 0 fully saturated rings. The third-order valence-corrected chi connectivity index (χ3v) is 3.07. The summed E-state index contributed by atoms with van der Waals surface area (Å²) in [4.78, 5) is 33.3. The number of hydrogen-bond donors (Lipinski definition) is 4. The van der Waals surface area contributed by atoms with E-state index in [2.05, 4.69) is 26.6 Å². The fraction of sp³-hybridized carbons (Fsp3) is 0.250. The molecule has 114 valence electrons. The first-order chi connectivity index (χ1) is 9.83. The molecule has 0 heterocycles. The molecular formula is C12H14BrN3O5. The standard InChI is InChI=1S/C12H14BrN3O5/c1-21-9-4-6(2-3-7(9)13)15-12(20)16-8(11(18)19)5-10(14)17/h2-4,8H,5H2,1H3,(H2,14,17)(H,18,19)(H2,15,16,20). The van der Waals surface area contributed by atoms with Crippen molar-refractivity contribution >= 4 is 39.5 Å². The number of rotatable bonds is 6. The Morgan fingerprint density at radius 2 is 2.10 bits per heavy atom. The highest BCUT2D eigenvalue weighted by atomic mass is 79.9. The fourth-order valence-corrected chi connectivity index (χ4v) is 1.87. The van der Waals surface area contributed by atoms with Crippen LogP contribution < -0.4 is 21.1 Å². The van der Waals surface area contributed by atoms with Gasteiger partial charge in [0.05, 0.1) is 18.0 Å². The highest BCUT2D eigenvalue weighted by Crippen LogP contribution is 2.27. The largest absolute Gasteiger partial charge is 0.495 e. The van der Waals surface area contributed by atoms with Crippen LogP contribution in [-0.2, 0) is 9.59 Å². The lowest BCUT2D eigenvalue weighted by Crippen LogP contribution is -2.45. The predicted molar refractivity (Wildman–Crippen MR) is 78.1 cm³/mol. The van der Waals surface area contributed by atoms with E-state index in [-0.39, 0.29) is 0 Å². The number of carbonyl (C=O) groups excluding carboxylic acids is 2. The predicted octanol–water partition coefficient (Wildman–Crippen LogP) is 0.908. The molecule has 1 unspecified atom stereocenters. The van der Waals surface area contributed by atoms with Gasteiger partial charge in [0.15, 0.2) is 0 Å². The van der Waals surface area contributed by atoms with Crippen LogP contribution >= 0.6 is 15.9 Å². The summed E-state index contributed by atoms with van der Waals surface area (Å²) in [6, 6.07) is 2.64. The highest BCUT2D eigenvalue weighted by Gasteiger charge is 2.22. The molecule has 0 bridgehead atoms. The van der Waals surface area contributed by atoms with E-state index in [1.54, 1.807) is 18.2 Å². The van der Waals surface area contributed by atoms with Gasteiger partial charge in [-0.1, -0.05) is 0 Å². The Labute approximate surface area is 128 Å². The molecule has 1 aromatic carbocycles. The van der Waals surface area contributed by atoms with Gasteiger partial charge in [0, 0.05) is 11.8 Å². The van der Waals surface area contributed by atoms with E-state index in [9.17, 15) is 14.4 Å². The van der Waals surface area contributed by atoms with E-state index in [0.29, 0.717) is 15.9 Å². The fourth-order valence-electron chi connectivity index (χ4n) is 1.46. The average molecular weight is 360 g/mol. The Hall–Kier alpha value is -2.29. The molecule has 0 saturated carbocycles. The molecule has 3 amide bonds. The van der Waals surface area contributed by atoms with E-state index in [1.165, 1.54) is 7.11 Å². The van der Waals surface area contributed by atoms with Crippen LogP contribution in [0.5, 0.6) is 5.75 Å². The number of urea groups is 1. The number of carbonyl (C=O) groups is 3. The van der Waals surface area contributed by atoms with Crippen molar-refractivity contribution in [2.24, 2.45) is 5.73 Å². The molecule has 0 aliphatic heterocycles. The summed E-state index contributed by atoms with van der Waals surface area (Å²) in [5.41, 5.74) is 5.32. The van der Waals surface area contributed by atoms with E-state index >= 15 is 0 Å². The van der Waals surface area contributed by atoms with Crippen molar-refractivity contribution < 1.29 is 24.2 Å². The SMILES string of the molecule is COc1cc(NC(=O)NC(CC(N)=O)C(=O)O)ccc1Br. The van der Waals surface area contributed by atoms with Crippen molar-refractivity contribution in [2.45, 2.75) is 12.5 Å². The van der Waals surface area contributed by atoms with Crippen LogP contribution in [0, 0.1) is 0 Å². The quantitative estimate of drug-likeness (QED) is 0.599. The molecule has 1 atom stereocenters. The number of primary amides is 1. The third-order valence-electron chi connectivity index (χ3n) is 2.42. The molecule has 9 heteroatoms. The number of carboxylic acids is 1. The second-order valence-corrected chi connectivity index (χ2v) is 4.86. The zero-order valence-corrected chi connectivity index (χ0v) is 12.6. The van der Waals surface area contributed by atoms with Gasteiger partial charge in [0.1, 0.15) is 11.8 Å². The number of aliphatic carboxylic acids is 1. The Morgan fingerprint density at radius 3 is 2.62 bits per heavy atom. The molecule has 0 saturated heterocycles. The first-order valence-electron chi connectivity index (χ1n) is 5.75. The molecule has 0 spiro atoms. The molecule has 8 nitrogen and oxygen atoms in total. The second kappa shape index (κ2) is 7.48. The Kier molecular flexibility index (Phi) is 5.97. The summed E-state index contributed by atoms with van der Waals surface area (Å²) in [6.07, 6.45) is -0.494. The normalized spacial score (nSPS) is 11.3. The van der Waals surface area contributed by atoms with Gasteiger partial charge in [-0.05, 0) is 28.1 Å². The van der Waals surface area contributed by atoms with Crippen LogP contribution in [0.4, 0.5) is 10.5 Å². The molecule has 1 rings (SSSR count). The van der Waals surface area contributed by atoms with Crippen LogP contribution in [0.2, 0.25) is 0 Å². The van der Waals surface area contributed by atoms with Crippen molar-refractivity contribution in [2.75, 3.05) is 12.4 Å².